The van der Waals surface area contributed by atoms with E-state index >= 15 is 0 Å². The second-order valence-corrected chi connectivity index (χ2v) is 7.06. The lowest BCUT2D eigenvalue weighted by atomic mass is 9.92. The molecule has 5 heteroatoms. The van der Waals surface area contributed by atoms with Crippen molar-refractivity contribution in [2.45, 2.75) is 32.2 Å². The molecule has 2 aliphatic carbocycles. The number of aromatic nitrogens is 1. The van der Waals surface area contributed by atoms with Gasteiger partial charge in [0, 0.05) is 19.7 Å². The molecule has 0 spiro atoms. The van der Waals surface area contributed by atoms with E-state index in [0.717, 1.165) is 23.9 Å². The zero-order chi connectivity index (χ0) is 16.7. The van der Waals surface area contributed by atoms with Gasteiger partial charge in [-0.05, 0) is 48.6 Å². The Bertz CT molecular complexity index is 755. The second kappa shape index (κ2) is 5.96. The Balaban J connectivity index is 1.31. The summed E-state index contributed by atoms with van der Waals surface area (Å²) < 4.78 is 5.04. The van der Waals surface area contributed by atoms with Gasteiger partial charge < -0.3 is 14.7 Å². The maximum atomic E-state index is 12.3. The number of rotatable bonds is 4. The Morgan fingerprint density at radius 2 is 2.25 bits per heavy atom. The molecule has 126 valence electrons. The Labute approximate surface area is 142 Å². The molecule has 1 fully saturated rings. The summed E-state index contributed by atoms with van der Waals surface area (Å²) in [5, 5.41) is 7.02. The molecule has 0 aliphatic heterocycles. The Kier molecular flexibility index (Phi) is 3.79. The lowest BCUT2D eigenvalue weighted by Gasteiger charge is -2.16. The van der Waals surface area contributed by atoms with E-state index in [-0.39, 0.29) is 6.03 Å². The fraction of sp³-hybridized carbons (Fsp3) is 0.474. The lowest BCUT2D eigenvalue weighted by Crippen LogP contribution is -2.38. The third-order valence-corrected chi connectivity index (χ3v) is 5.40. The van der Waals surface area contributed by atoms with Gasteiger partial charge in [0.25, 0.3) is 0 Å². The van der Waals surface area contributed by atoms with E-state index in [9.17, 15) is 4.79 Å². The molecule has 24 heavy (non-hydrogen) atoms. The molecule has 2 aromatic rings. The first-order chi connectivity index (χ1) is 11.6. The lowest BCUT2D eigenvalue weighted by molar-refractivity contribution is 0.205. The van der Waals surface area contributed by atoms with Crippen LogP contribution in [-0.2, 0) is 13.0 Å². The highest BCUT2D eigenvalue weighted by Gasteiger charge is 2.52. The van der Waals surface area contributed by atoms with Crippen LogP contribution >= 0.6 is 0 Å². The normalized spacial score (nSPS) is 24.0. The molecule has 0 saturated heterocycles. The van der Waals surface area contributed by atoms with Crippen molar-refractivity contribution in [3.63, 3.8) is 0 Å². The van der Waals surface area contributed by atoms with Crippen molar-refractivity contribution in [3.8, 4) is 0 Å². The summed E-state index contributed by atoms with van der Waals surface area (Å²) in [5.41, 5.74) is 3.77. The minimum atomic E-state index is -0.0485. The summed E-state index contributed by atoms with van der Waals surface area (Å²) in [4.78, 5) is 13.9. The van der Waals surface area contributed by atoms with E-state index in [1.807, 2.05) is 13.0 Å². The third kappa shape index (κ3) is 2.79. The van der Waals surface area contributed by atoms with Crippen molar-refractivity contribution in [3.05, 3.63) is 52.9 Å². The molecule has 4 rings (SSSR count). The summed E-state index contributed by atoms with van der Waals surface area (Å²) >= 11 is 0. The van der Waals surface area contributed by atoms with Crippen LogP contribution < -0.4 is 5.32 Å². The van der Waals surface area contributed by atoms with Crippen LogP contribution in [0.15, 0.2) is 34.9 Å². The highest BCUT2D eigenvalue weighted by Crippen LogP contribution is 2.59. The van der Waals surface area contributed by atoms with Crippen LogP contribution in [0.1, 0.15) is 34.9 Å². The number of aryl methyl sites for hydroxylation is 2. The predicted molar refractivity (Wildman–Crippen MR) is 90.6 cm³/mol. The molecular formula is C19H23N3O2. The molecule has 1 heterocycles. The van der Waals surface area contributed by atoms with E-state index in [1.165, 1.54) is 24.0 Å². The summed E-state index contributed by atoms with van der Waals surface area (Å²) in [7, 11) is 1.79. The average Bonchev–Trinajstić information content (AvgIpc) is 3.17. The fourth-order valence-electron chi connectivity index (χ4n) is 4.13. The van der Waals surface area contributed by atoms with Gasteiger partial charge in [0.05, 0.1) is 6.54 Å². The van der Waals surface area contributed by atoms with Gasteiger partial charge in [-0.1, -0.05) is 29.4 Å². The number of carbonyl (C=O) groups excluding carboxylic acids is 1. The van der Waals surface area contributed by atoms with Crippen molar-refractivity contribution in [1.82, 2.24) is 15.4 Å². The Morgan fingerprint density at radius 1 is 1.42 bits per heavy atom. The number of amides is 2. The summed E-state index contributed by atoms with van der Waals surface area (Å²) in [6.07, 6.45) is 2.42. The van der Waals surface area contributed by atoms with Crippen LogP contribution in [0.2, 0.25) is 0 Å². The molecule has 1 N–H and O–H groups in total. The molecule has 0 radical (unpaired) electrons. The van der Waals surface area contributed by atoms with Gasteiger partial charge >= 0.3 is 6.03 Å². The molecular weight excluding hydrogens is 302 g/mol. The van der Waals surface area contributed by atoms with Crippen LogP contribution in [-0.4, -0.2) is 29.7 Å². The van der Waals surface area contributed by atoms with Crippen LogP contribution in [0, 0.1) is 18.8 Å². The molecule has 1 aromatic carbocycles. The number of nitrogens with zero attached hydrogens (tertiary/aromatic N) is 2. The van der Waals surface area contributed by atoms with Gasteiger partial charge in [0.15, 0.2) is 0 Å². The number of fused-ring (bicyclic) bond motifs is 3. The van der Waals surface area contributed by atoms with Crippen molar-refractivity contribution >= 4 is 6.03 Å². The Hall–Kier alpha value is -2.30. The van der Waals surface area contributed by atoms with E-state index in [1.54, 1.807) is 11.9 Å². The maximum Gasteiger partial charge on any atom is 0.317 e. The molecule has 3 atom stereocenters. The van der Waals surface area contributed by atoms with Crippen molar-refractivity contribution in [1.29, 1.82) is 0 Å². The minimum absolute atomic E-state index is 0.0485. The van der Waals surface area contributed by atoms with Crippen LogP contribution in [0.3, 0.4) is 0 Å². The van der Waals surface area contributed by atoms with Gasteiger partial charge in [-0.15, -0.1) is 0 Å². The predicted octanol–water partition coefficient (Wildman–Crippen LogP) is 3.10. The molecule has 0 bridgehead atoms. The number of benzene rings is 1. The van der Waals surface area contributed by atoms with Gasteiger partial charge in [0.1, 0.15) is 11.5 Å². The fourth-order valence-corrected chi connectivity index (χ4v) is 4.13. The zero-order valence-electron chi connectivity index (χ0n) is 14.2. The van der Waals surface area contributed by atoms with Gasteiger partial charge in [0.2, 0.25) is 0 Å². The monoisotopic (exact) mass is 325 g/mol. The van der Waals surface area contributed by atoms with Gasteiger partial charge in [-0.2, -0.15) is 0 Å². The number of nitrogens with one attached hydrogen (secondary N) is 1. The van der Waals surface area contributed by atoms with Crippen molar-refractivity contribution in [2.24, 2.45) is 11.8 Å². The standard InChI is InChI=1S/C19H23N3O2/c1-12-9-14(21-24-12)11-22(2)19(23)20-10-17-16-8-7-13-5-3-4-6-15(13)18(16)17/h3-6,9,16-18H,7-8,10-11H2,1-2H3,(H,20,23)/t16-,17+,18+/m0/s1. The van der Waals surface area contributed by atoms with E-state index in [2.05, 4.69) is 34.7 Å². The van der Waals surface area contributed by atoms with Crippen LogP contribution in [0.25, 0.3) is 0 Å². The SMILES string of the molecule is Cc1cc(CN(C)C(=O)NC[C@@H]2[C@@H]3CCc4ccccc4[C@@H]23)no1. The molecule has 2 amide bonds. The smallest absolute Gasteiger partial charge is 0.317 e. The molecule has 0 unspecified atom stereocenters. The third-order valence-electron chi connectivity index (χ3n) is 5.40. The molecule has 2 aliphatic rings. The number of urea groups is 1. The van der Waals surface area contributed by atoms with Crippen LogP contribution in [0.5, 0.6) is 0 Å². The van der Waals surface area contributed by atoms with E-state index in [0.29, 0.717) is 18.4 Å². The van der Waals surface area contributed by atoms with Gasteiger partial charge in [-0.25, -0.2) is 4.79 Å². The first-order valence-electron chi connectivity index (χ1n) is 8.62. The summed E-state index contributed by atoms with van der Waals surface area (Å²) in [6, 6.07) is 10.6. The van der Waals surface area contributed by atoms with Gasteiger partial charge in [-0.3, -0.25) is 0 Å². The zero-order valence-corrected chi connectivity index (χ0v) is 14.2. The first kappa shape index (κ1) is 15.2. The topological polar surface area (TPSA) is 58.4 Å². The number of carbonyl (C=O) groups is 1. The highest BCUT2D eigenvalue weighted by molar-refractivity contribution is 5.73. The average molecular weight is 325 g/mol. The maximum absolute atomic E-state index is 12.3. The van der Waals surface area contributed by atoms with Crippen LogP contribution in [0.4, 0.5) is 4.79 Å². The second-order valence-electron chi connectivity index (χ2n) is 7.06. The van der Waals surface area contributed by atoms with E-state index < -0.39 is 0 Å². The molecule has 1 aromatic heterocycles. The van der Waals surface area contributed by atoms with E-state index in [4.69, 9.17) is 4.52 Å². The highest BCUT2D eigenvalue weighted by atomic mass is 16.5. The molecule has 5 nitrogen and oxygen atoms in total. The minimum Gasteiger partial charge on any atom is -0.361 e. The van der Waals surface area contributed by atoms with Crippen molar-refractivity contribution in [2.75, 3.05) is 13.6 Å². The summed E-state index contributed by atoms with van der Waals surface area (Å²) in [6.45, 7) is 3.07. The largest absolute Gasteiger partial charge is 0.361 e. The first-order valence-corrected chi connectivity index (χ1v) is 8.62. The Morgan fingerprint density at radius 3 is 3.04 bits per heavy atom. The summed E-state index contributed by atoms with van der Waals surface area (Å²) in [5.74, 6) is 2.72. The molecule has 1 saturated carbocycles. The van der Waals surface area contributed by atoms with Crippen molar-refractivity contribution < 1.29 is 9.32 Å². The quantitative estimate of drug-likeness (QED) is 0.940. The number of hydrogen-bond acceptors (Lipinski definition) is 3. The number of hydrogen-bond donors (Lipinski definition) is 1.